The SMILES string of the molecule is CC(=O)O[C@H]1C[C@H]2C[C@@H]3[C@@H]4CO[C@@H]4C[C@H](OC(C)=O)[C@@]3(C)[C@@H](OC(C)=O)[C@H](OC(C)=O)C(=C1C)C2(C)C. The van der Waals surface area contributed by atoms with Crippen molar-refractivity contribution in [1.82, 2.24) is 0 Å². The fourth-order valence-electron chi connectivity index (χ4n) is 7.73. The number of esters is 4. The highest BCUT2D eigenvalue weighted by Crippen LogP contribution is 2.62. The molecule has 2 saturated carbocycles. The van der Waals surface area contributed by atoms with Gasteiger partial charge in [0.05, 0.1) is 12.7 Å². The minimum atomic E-state index is -0.944. The molecular weight excluding hydrogens is 480 g/mol. The van der Waals surface area contributed by atoms with Gasteiger partial charge in [0.2, 0.25) is 0 Å². The van der Waals surface area contributed by atoms with Crippen LogP contribution in [-0.4, -0.2) is 61.0 Å². The van der Waals surface area contributed by atoms with Gasteiger partial charge in [-0.2, -0.15) is 0 Å². The first-order chi connectivity index (χ1) is 17.2. The average molecular weight is 521 g/mol. The van der Waals surface area contributed by atoms with Crippen LogP contribution in [0.5, 0.6) is 0 Å². The second-order valence-corrected chi connectivity index (χ2v) is 12.0. The van der Waals surface area contributed by atoms with Crippen molar-refractivity contribution in [3.05, 3.63) is 11.1 Å². The molecule has 1 saturated heterocycles. The molecule has 9 nitrogen and oxygen atoms in total. The Balaban J connectivity index is 1.98. The quantitative estimate of drug-likeness (QED) is 0.312. The normalized spacial score (nSPS) is 40.0. The molecule has 0 aromatic carbocycles. The Morgan fingerprint density at radius 1 is 0.811 bits per heavy atom. The van der Waals surface area contributed by atoms with Crippen LogP contribution in [0, 0.1) is 28.6 Å². The molecule has 1 aliphatic heterocycles. The number of hydrogen-bond acceptors (Lipinski definition) is 9. The van der Waals surface area contributed by atoms with E-state index >= 15 is 0 Å². The van der Waals surface area contributed by atoms with E-state index in [1.165, 1.54) is 27.7 Å². The van der Waals surface area contributed by atoms with E-state index in [2.05, 4.69) is 13.8 Å². The highest BCUT2D eigenvalue weighted by Gasteiger charge is 2.67. The Labute approximate surface area is 218 Å². The summed E-state index contributed by atoms with van der Waals surface area (Å²) in [7, 11) is 0. The van der Waals surface area contributed by atoms with Crippen LogP contribution in [0.2, 0.25) is 0 Å². The highest BCUT2D eigenvalue weighted by molar-refractivity contribution is 5.69. The van der Waals surface area contributed by atoms with Gasteiger partial charge in [0, 0.05) is 45.4 Å². The van der Waals surface area contributed by atoms with Crippen LogP contribution in [0.15, 0.2) is 11.1 Å². The molecule has 0 aromatic rings. The van der Waals surface area contributed by atoms with E-state index in [0.29, 0.717) is 19.4 Å². The smallest absolute Gasteiger partial charge is 0.303 e. The topological polar surface area (TPSA) is 114 Å². The van der Waals surface area contributed by atoms with Crippen molar-refractivity contribution < 1.29 is 42.9 Å². The van der Waals surface area contributed by atoms with Crippen LogP contribution in [0.4, 0.5) is 0 Å². The van der Waals surface area contributed by atoms with Crippen molar-refractivity contribution in [2.45, 2.75) is 105 Å². The van der Waals surface area contributed by atoms with Crippen molar-refractivity contribution in [1.29, 1.82) is 0 Å². The zero-order valence-corrected chi connectivity index (χ0v) is 23.1. The van der Waals surface area contributed by atoms with Gasteiger partial charge >= 0.3 is 23.9 Å². The Morgan fingerprint density at radius 3 is 1.92 bits per heavy atom. The first kappa shape index (κ1) is 27.6. The third-order valence-electron chi connectivity index (χ3n) is 9.47. The van der Waals surface area contributed by atoms with E-state index in [0.717, 1.165) is 17.6 Å². The number of rotatable bonds is 4. The van der Waals surface area contributed by atoms with Gasteiger partial charge in [-0.05, 0) is 48.2 Å². The van der Waals surface area contributed by atoms with E-state index in [9.17, 15) is 19.2 Å². The Bertz CT molecular complexity index is 1010. The minimum Gasteiger partial charge on any atom is -0.462 e. The predicted octanol–water partition coefficient (Wildman–Crippen LogP) is 3.52. The van der Waals surface area contributed by atoms with E-state index < -0.39 is 53.2 Å². The maximum absolute atomic E-state index is 12.6. The molecule has 9 atom stereocenters. The van der Waals surface area contributed by atoms with Crippen LogP contribution >= 0.6 is 0 Å². The molecule has 0 N–H and O–H groups in total. The van der Waals surface area contributed by atoms with E-state index in [1.54, 1.807) is 0 Å². The summed E-state index contributed by atoms with van der Waals surface area (Å²) in [5.74, 6) is -1.68. The second-order valence-electron chi connectivity index (χ2n) is 12.0. The monoisotopic (exact) mass is 520 g/mol. The van der Waals surface area contributed by atoms with E-state index in [4.69, 9.17) is 23.7 Å². The Morgan fingerprint density at radius 2 is 1.41 bits per heavy atom. The van der Waals surface area contributed by atoms with Gasteiger partial charge in [-0.15, -0.1) is 0 Å². The molecule has 0 unspecified atom stereocenters. The lowest BCUT2D eigenvalue weighted by molar-refractivity contribution is -0.270. The van der Waals surface area contributed by atoms with Crippen molar-refractivity contribution in [2.75, 3.05) is 6.61 Å². The van der Waals surface area contributed by atoms with Crippen LogP contribution in [0.3, 0.4) is 0 Å². The van der Waals surface area contributed by atoms with Crippen LogP contribution in [0.25, 0.3) is 0 Å². The van der Waals surface area contributed by atoms with Gasteiger partial charge in [-0.1, -0.05) is 20.8 Å². The van der Waals surface area contributed by atoms with Gasteiger partial charge in [0.25, 0.3) is 0 Å². The number of carbonyl (C=O) groups excluding carboxylic acids is 4. The largest absolute Gasteiger partial charge is 0.462 e. The Kier molecular flexibility index (Phi) is 7.25. The molecule has 9 heteroatoms. The predicted molar refractivity (Wildman–Crippen MR) is 131 cm³/mol. The number of hydrogen-bond donors (Lipinski definition) is 0. The number of ether oxygens (including phenoxy) is 5. The van der Waals surface area contributed by atoms with Crippen molar-refractivity contribution in [3.8, 4) is 0 Å². The fraction of sp³-hybridized carbons (Fsp3) is 0.786. The summed E-state index contributed by atoms with van der Waals surface area (Å²) in [6.07, 6.45) is -1.20. The van der Waals surface area contributed by atoms with Crippen molar-refractivity contribution in [2.24, 2.45) is 28.6 Å². The molecule has 2 bridgehead atoms. The molecule has 1 heterocycles. The summed E-state index contributed by atoms with van der Waals surface area (Å²) < 4.78 is 29.7. The zero-order valence-electron chi connectivity index (χ0n) is 23.1. The second kappa shape index (κ2) is 9.71. The molecule has 4 aliphatic rings. The first-order valence-corrected chi connectivity index (χ1v) is 13.2. The lowest BCUT2D eigenvalue weighted by Crippen LogP contribution is -2.68. The molecule has 0 amide bonds. The molecule has 0 aromatic heterocycles. The summed E-state index contributed by atoms with van der Waals surface area (Å²) in [6, 6.07) is 0. The highest BCUT2D eigenvalue weighted by atomic mass is 16.6. The molecule has 206 valence electrons. The summed E-state index contributed by atoms with van der Waals surface area (Å²) in [6.45, 7) is 14.1. The number of fused-ring (bicyclic) bond motifs is 5. The third kappa shape index (κ3) is 4.68. The van der Waals surface area contributed by atoms with Crippen LogP contribution in [0.1, 0.15) is 74.7 Å². The van der Waals surface area contributed by atoms with E-state index in [-0.39, 0.29) is 29.8 Å². The third-order valence-corrected chi connectivity index (χ3v) is 9.47. The Hall–Kier alpha value is -2.42. The lowest BCUT2D eigenvalue weighted by Gasteiger charge is -2.63. The van der Waals surface area contributed by atoms with Gasteiger partial charge in [0.15, 0.2) is 12.2 Å². The standard InChI is InChI=1S/C28H40O9/c1-13-21(34-14(2)29)10-18-9-20-19-12-33-22(19)11-23(35-15(3)30)28(20,8)26(37-17(5)32)25(36-16(4)31)24(13)27(18,6)7/h18-23,25-26H,9-12H2,1-8H3/t18-,19+,20-,21+,22-,23+,25-,26+,28+/m1/s1. The maximum Gasteiger partial charge on any atom is 0.303 e. The number of carbonyl (C=O) groups is 4. The van der Waals surface area contributed by atoms with Gasteiger partial charge < -0.3 is 23.7 Å². The lowest BCUT2D eigenvalue weighted by atomic mass is 9.48. The molecule has 37 heavy (non-hydrogen) atoms. The molecule has 3 aliphatic carbocycles. The van der Waals surface area contributed by atoms with Crippen LogP contribution < -0.4 is 0 Å². The zero-order chi connectivity index (χ0) is 27.4. The molecular formula is C28H40O9. The average Bonchev–Trinajstić information content (AvgIpc) is 2.73. The maximum atomic E-state index is 12.6. The summed E-state index contributed by atoms with van der Waals surface area (Å²) in [5, 5.41) is 0. The molecule has 3 fully saturated rings. The molecule has 0 radical (unpaired) electrons. The van der Waals surface area contributed by atoms with Gasteiger partial charge in [-0.25, -0.2) is 0 Å². The van der Waals surface area contributed by atoms with Crippen molar-refractivity contribution in [3.63, 3.8) is 0 Å². The fourth-order valence-corrected chi connectivity index (χ4v) is 7.73. The van der Waals surface area contributed by atoms with Crippen LogP contribution in [-0.2, 0) is 42.9 Å². The summed E-state index contributed by atoms with van der Waals surface area (Å²) in [5.41, 5.74) is 0.294. The molecule has 0 spiro atoms. The summed E-state index contributed by atoms with van der Waals surface area (Å²) in [4.78, 5) is 49.4. The van der Waals surface area contributed by atoms with Gasteiger partial charge in [-0.3, -0.25) is 19.2 Å². The minimum absolute atomic E-state index is 0.0611. The van der Waals surface area contributed by atoms with E-state index in [1.807, 2.05) is 13.8 Å². The van der Waals surface area contributed by atoms with Gasteiger partial charge in [0.1, 0.15) is 12.2 Å². The summed E-state index contributed by atoms with van der Waals surface area (Å²) >= 11 is 0. The van der Waals surface area contributed by atoms with Crippen molar-refractivity contribution >= 4 is 23.9 Å². The molecule has 4 rings (SSSR count). The first-order valence-electron chi connectivity index (χ1n) is 13.2.